The highest BCUT2D eigenvalue weighted by molar-refractivity contribution is 7.99. The summed E-state index contributed by atoms with van der Waals surface area (Å²) in [4.78, 5) is 1.10. The average molecular weight is 307 g/mol. The standard InChI is InChI=1S/C15H21N3O2S/c1-9(2)21-10-6-12(19-4)14(13(7-10)20-5)11-8-17-18(3)15(11)16/h6-9H,16H2,1-5H3. The Kier molecular flexibility index (Phi) is 4.67. The SMILES string of the molecule is COc1cc(SC(C)C)cc(OC)c1-c1cnn(C)c1N. The average Bonchev–Trinajstić information content (AvgIpc) is 2.77. The molecule has 2 aromatic rings. The molecule has 0 fully saturated rings. The molecule has 2 N–H and O–H groups in total. The summed E-state index contributed by atoms with van der Waals surface area (Å²) in [5, 5.41) is 4.67. The number of ether oxygens (including phenoxy) is 2. The van der Waals surface area contributed by atoms with Gasteiger partial charge >= 0.3 is 0 Å². The molecule has 0 atom stereocenters. The van der Waals surface area contributed by atoms with Gasteiger partial charge in [-0.25, -0.2) is 0 Å². The molecule has 0 aliphatic rings. The Morgan fingerprint density at radius 1 is 1.19 bits per heavy atom. The first kappa shape index (κ1) is 15.6. The van der Waals surface area contributed by atoms with Crippen molar-refractivity contribution in [3.8, 4) is 22.6 Å². The molecule has 1 aromatic carbocycles. The lowest BCUT2D eigenvalue weighted by molar-refractivity contribution is 0.395. The molecule has 2 rings (SSSR count). The number of nitrogen functional groups attached to an aromatic ring is 1. The molecule has 6 heteroatoms. The monoisotopic (exact) mass is 307 g/mol. The quantitative estimate of drug-likeness (QED) is 0.860. The zero-order valence-corrected chi connectivity index (χ0v) is 13.8. The predicted molar refractivity (Wildman–Crippen MR) is 87.2 cm³/mol. The molecular weight excluding hydrogens is 286 g/mol. The van der Waals surface area contributed by atoms with Crippen molar-refractivity contribution in [1.29, 1.82) is 0 Å². The highest BCUT2D eigenvalue weighted by Crippen LogP contribution is 2.44. The van der Waals surface area contributed by atoms with Gasteiger partial charge in [-0.05, 0) is 12.1 Å². The molecule has 114 valence electrons. The topological polar surface area (TPSA) is 62.3 Å². The fourth-order valence-corrected chi connectivity index (χ4v) is 3.03. The maximum absolute atomic E-state index is 6.08. The van der Waals surface area contributed by atoms with E-state index in [0.717, 1.165) is 27.5 Å². The van der Waals surface area contributed by atoms with Crippen LogP contribution in [0.1, 0.15) is 13.8 Å². The number of methoxy groups -OCH3 is 2. The van der Waals surface area contributed by atoms with E-state index in [1.165, 1.54) is 0 Å². The van der Waals surface area contributed by atoms with E-state index in [2.05, 4.69) is 18.9 Å². The summed E-state index contributed by atoms with van der Waals surface area (Å²) in [6, 6.07) is 4.02. The summed E-state index contributed by atoms with van der Waals surface area (Å²) in [5.74, 6) is 2.05. The number of thioether (sulfide) groups is 1. The first-order chi connectivity index (χ1) is 9.97. The summed E-state index contributed by atoms with van der Waals surface area (Å²) in [6.07, 6.45) is 1.73. The number of nitrogens with zero attached hydrogens (tertiary/aromatic N) is 2. The smallest absolute Gasteiger partial charge is 0.131 e. The zero-order chi connectivity index (χ0) is 15.6. The van der Waals surface area contributed by atoms with Gasteiger partial charge in [0.1, 0.15) is 17.3 Å². The van der Waals surface area contributed by atoms with E-state index in [0.29, 0.717) is 11.1 Å². The van der Waals surface area contributed by atoms with Gasteiger partial charge in [0.15, 0.2) is 0 Å². The minimum absolute atomic E-state index is 0.480. The van der Waals surface area contributed by atoms with Crippen LogP contribution in [0.3, 0.4) is 0 Å². The molecule has 0 aliphatic carbocycles. The van der Waals surface area contributed by atoms with Crippen molar-refractivity contribution in [3.63, 3.8) is 0 Å². The fraction of sp³-hybridized carbons (Fsp3) is 0.400. The molecule has 0 radical (unpaired) electrons. The van der Waals surface area contributed by atoms with E-state index in [-0.39, 0.29) is 0 Å². The Morgan fingerprint density at radius 2 is 1.76 bits per heavy atom. The minimum atomic E-state index is 0.480. The van der Waals surface area contributed by atoms with Gasteiger partial charge in [0, 0.05) is 17.2 Å². The van der Waals surface area contributed by atoms with Crippen molar-refractivity contribution >= 4 is 17.6 Å². The first-order valence-electron chi connectivity index (χ1n) is 6.68. The molecule has 5 nitrogen and oxygen atoms in total. The largest absolute Gasteiger partial charge is 0.496 e. The highest BCUT2D eigenvalue weighted by atomic mass is 32.2. The van der Waals surface area contributed by atoms with Gasteiger partial charge in [-0.2, -0.15) is 5.10 Å². The Bertz CT molecular complexity index is 613. The number of rotatable bonds is 5. The van der Waals surface area contributed by atoms with E-state index in [4.69, 9.17) is 15.2 Å². The van der Waals surface area contributed by atoms with Gasteiger partial charge in [-0.15, -0.1) is 11.8 Å². The molecule has 21 heavy (non-hydrogen) atoms. The van der Waals surface area contributed by atoms with Gasteiger partial charge in [0.25, 0.3) is 0 Å². The third kappa shape index (κ3) is 3.10. The third-order valence-electron chi connectivity index (χ3n) is 3.11. The van der Waals surface area contributed by atoms with Crippen LogP contribution < -0.4 is 15.2 Å². The number of aryl methyl sites for hydroxylation is 1. The Labute approximate surface area is 129 Å². The lowest BCUT2D eigenvalue weighted by atomic mass is 10.1. The molecule has 0 saturated heterocycles. The number of hydrogen-bond donors (Lipinski definition) is 1. The second-order valence-corrected chi connectivity index (χ2v) is 6.59. The lowest BCUT2D eigenvalue weighted by Gasteiger charge is -2.16. The second-order valence-electron chi connectivity index (χ2n) is 4.94. The van der Waals surface area contributed by atoms with E-state index in [1.807, 2.05) is 12.1 Å². The van der Waals surface area contributed by atoms with Crippen molar-refractivity contribution in [2.24, 2.45) is 7.05 Å². The van der Waals surface area contributed by atoms with E-state index >= 15 is 0 Å². The van der Waals surface area contributed by atoms with Crippen LogP contribution >= 0.6 is 11.8 Å². The molecule has 0 spiro atoms. The summed E-state index contributed by atoms with van der Waals surface area (Å²) in [5.41, 5.74) is 7.73. The van der Waals surface area contributed by atoms with Crippen LogP contribution in [0.4, 0.5) is 5.82 Å². The minimum Gasteiger partial charge on any atom is -0.496 e. The maximum atomic E-state index is 6.08. The lowest BCUT2D eigenvalue weighted by Crippen LogP contribution is -2.00. The molecule has 0 aliphatic heterocycles. The van der Waals surface area contributed by atoms with Gasteiger partial charge in [0.2, 0.25) is 0 Å². The van der Waals surface area contributed by atoms with Crippen molar-refractivity contribution in [1.82, 2.24) is 9.78 Å². The second kappa shape index (κ2) is 6.30. The third-order valence-corrected chi connectivity index (χ3v) is 4.08. The Hall–Kier alpha value is -1.82. The van der Waals surface area contributed by atoms with Crippen molar-refractivity contribution in [2.75, 3.05) is 20.0 Å². The molecular formula is C15H21N3O2S. The fourth-order valence-electron chi connectivity index (χ4n) is 2.13. The normalized spacial score (nSPS) is 11.0. The van der Waals surface area contributed by atoms with E-state index in [9.17, 15) is 0 Å². The van der Waals surface area contributed by atoms with Crippen molar-refractivity contribution in [3.05, 3.63) is 18.3 Å². The van der Waals surface area contributed by atoms with Crippen LogP contribution in [0.2, 0.25) is 0 Å². The molecule has 1 aromatic heterocycles. The Morgan fingerprint density at radius 3 is 2.14 bits per heavy atom. The van der Waals surface area contributed by atoms with E-state index < -0.39 is 0 Å². The summed E-state index contributed by atoms with van der Waals surface area (Å²) in [7, 11) is 5.10. The number of anilines is 1. The van der Waals surface area contributed by atoms with Crippen LogP contribution in [0.25, 0.3) is 11.1 Å². The Balaban J connectivity index is 2.61. The molecule has 0 unspecified atom stereocenters. The molecule has 0 amide bonds. The number of aromatic nitrogens is 2. The number of hydrogen-bond acceptors (Lipinski definition) is 5. The molecule has 0 bridgehead atoms. The number of benzene rings is 1. The summed E-state index contributed by atoms with van der Waals surface area (Å²) < 4.78 is 12.7. The van der Waals surface area contributed by atoms with Crippen molar-refractivity contribution < 1.29 is 9.47 Å². The van der Waals surface area contributed by atoms with Gasteiger partial charge in [0.05, 0.1) is 31.5 Å². The summed E-state index contributed by atoms with van der Waals surface area (Å²) >= 11 is 1.76. The predicted octanol–water partition coefficient (Wildman–Crippen LogP) is 3.19. The van der Waals surface area contributed by atoms with E-state index in [1.54, 1.807) is 43.9 Å². The first-order valence-corrected chi connectivity index (χ1v) is 7.56. The van der Waals surface area contributed by atoms with Gasteiger partial charge in [-0.3, -0.25) is 4.68 Å². The van der Waals surface area contributed by atoms with Crippen LogP contribution in [0, 0.1) is 0 Å². The summed E-state index contributed by atoms with van der Waals surface area (Å²) in [6.45, 7) is 4.30. The van der Waals surface area contributed by atoms with Crippen LogP contribution in [0.5, 0.6) is 11.5 Å². The van der Waals surface area contributed by atoms with Gasteiger partial charge in [-0.1, -0.05) is 13.8 Å². The van der Waals surface area contributed by atoms with Gasteiger partial charge < -0.3 is 15.2 Å². The van der Waals surface area contributed by atoms with Crippen molar-refractivity contribution in [2.45, 2.75) is 24.0 Å². The van der Waals surface area contributed by atoms with Crippen LogP contribution in [-0.4, -0.2) is 29.3 Å². The zero-order valence-electron chi connectivity index (χ0n) is 13.0. The molecule has 0 saturated carbocycles. The highest BCUT2D eigenvalue weighted by Gasteiger charge is 2.19. The van der Waals surface area contributed by atoms with Crippen LogP contribution in [0.15, 0.2) is 23.2 Å². The molecule has 1 heterocycles. The van der Waals surface area contributed by atoms with Crippen LogP contribution in [-0.2, 0) is 7.05 Å². The maximum Gasteiger partial charge on any atom is 0.131 e. The number of nitrogens with two attached hydrogens (primary N) is 1.